The maximum atomic E-state index is 13.7. The average molecular weight is 343 g/mol. The van der Waals surface area contributed by atoms with Gasteiger partial charge in [0.1, 0.15) is 10.7 Å². The molecule has 116 valence electrons. The lowest BCUT2D eigenvalue weighted by Crippen LogP contribution is -2.26. The number of hydrogen-bond acceptors (Lipinski definition) is 4. The fraction of sp³-hybridized carbons (Fsp3) is 0.0714. The Labute approximate surface area is 131 Å². The van der Waals surface area contributed by atoms with Gasteiger partial charge in [0.15, 0.2) is 0 Å². The molecule has 2 rings (SSSR count). The number of hydrogen-bond donors (Lipinski definition) is 1. The first-order valence-electron chi connectivity index (χ1n) is 6.05. The maximum absolute atomic E-state index is 13.7. The zero-order chi connectivity index (χ0) is 16.3. The first-order chi connectivity index (χ1) is 10.3. The maximum Gasteiger partial charge on any atom is 0.243 e. The molecule has 8 heteroatoms. The Morgan fingerprint density at radius 3 is 2.55 bits per heavy atom. The molecule has 0 saturated heterocycles. The van der Waals surface area contributed by atoms with Gasteiger partial charge in [-0.1, -0.05) is 35.9 Å². The Kier molecular flexibility index (Phi) is 4.80. The van der Waals surface area contributed by atoms with Gasteiger partial charge in [0.2, 0.25) is 10.0 Å². The summed E-state index contributed by atoms with van der Waals surface area (Å²) in [7, 11) is -4.24. The number of benzene rings is 2. The van der Waals surface area contributed by atoms with Gasteiger partial charge in [-0.2, -0.15) is 0 Å². The van der Waals surface area contributed by atoms with Crippen molar-refractivity contribution in [2.75, 3.05) is 0 Å². The molecule has 0 atom stereocenters. The van der Waals surface area contributed by atoms with E-state index in [9.17, 15) is 22.7 Å². The average Bonchev–Trinajstić information content (AvgIpc) is 2.46. The normalized spacial score (nSPS) is 11.4. The molecule has 0 radical (unpaired) electrons. The van der Waals surface area contributed by atoms with Crippen LogP contribution in [0.2, 0.25) is 5.02 Å². The summed E-state index contributed by atoms with van der Waals surface area (Å²) in [5.41, 5.74) is 0.0729. The number of aromatic carboxylic acids is 1. The van der Waals surface area contributed by atoms with Gasteiger partial charge in [-0.15, -0.1) is 0 Å². The van der Waals surface area contributed by atoms with E-state index in [1.807, 2.05) is 0 Å². The Morgan fingerprint density at radius 1 is 1.23 bits per heavy atom. The minimum absolute atomic E-state index is 0.156. The second kappa shape index (κ2) is 6.43. The SMILES string of the molecule is O=C([O-])c1ccc(F)c(S(=O)(=O)NCc2ccccc2Cl)c1. The quantitative estimate of drug-likeness (QED) is 0.888. The van der Waals surface area contributed by atoms with Gasteiger partial charge in [0.05, 0.1) is 5.97 Å². The van der Waals surface area contributed by atoms with Crippen molar-refractivity contribution in [1.29, 1.82) is 0 Å². The number of nitrogens with one attached hydrogen (secondary N) is 1. The molecule has 0 bridgehead atoms. The standard InChI is InChI=1S/C14H11ClFNO4S/c15-11-4-2-1-3-10(11)8-17-22(20,21)13-7-9(14(18)19)5-6-12(13)16/h1-7,17H,8H2,(H,18,19)/p-1. The van der Waals surface area contributed by atoms with Crippen LogP contribution in [0.15, 0.2) is 47.4 Å². The smallest absolute Gasteiger partial charge is 0.243 e. The first-order valence-corrected chi connectivity index (χ1v) is 7.91. The van der Waals surface area contributed by atoms with E-state index in [4.69, 9.17) is 11.6 Å². The van der Waals surface area contributed by atoms with Crippen LogP contribution in [0.3, 0.4) is 0 Å². The topological polar surface area (TPSA) is 86.3 Å². The van der Waals surface area contributed by atoms with Gasteiger partial charge in [-0.05, 0) is 29.3 Å². The van der Waals surface area contributed by atoms with E-state index in [1.54, 1.807) is 24.3 Å². The number of carbonyl (C=O) groups is 1. The molecule has 0 aromatic heterocycles. The molecule has 2 aromatic rings. The van der Waals surface area contributed by atoms with E-state index >= 15 is 0 Å². The molecule has 0 spiro atoms. The number of carbonyl (C=O) groups excluding carboxylic acids is 1. The molecule has 0 fully saturated rings. The zero-order valence-corrected chi connectivity index (χ0v) is 12.6. The summed E-state index contributed by atoms with van der Waals surface area (Å²) in [5, 5.41) is 11.1. The molecule has 1 N–H and O–H groups in total. The van der Waals surface area contributed by atoms with Crippen LogP contribution in [0.1, 0.15) is 15.9 Å². The second-order valence-electron chi connectivity index (χ2n) is 4.35. The van der Waals surface area contributed by atoms with Gasteiger partial charge < -0.3 is 9.90 Å². The third kappa shape index (κ3) is 3.62. The monoisotopic (exact) mass is 342 g/mol. The molecule has 0 unspecified atom stereocenters. The molecule has 0 aliphatic rings. The number of halogens is 2. The van der Waals surface area contributed by atoms with Gasteiger partial charge in [0, 0.05) is 11.6 Å². The summed E-state index contributed by atoms with van der Waals surface area (Å²) in [4.78, 5) is 9.99. The Morgan fingerprint density at radius 2 is 1.91 bits per heavy atom. The number of carboxylic acids is 1. The lowest BCUT2D eigenvalue weighted by atomic mass is 10.2. The molecule has 0 amide bonds. The summed E-state index contributed by atoms with van der Waals surface area (Å²) in [6.07, 6.45) is 0. The Hall–Kier alpha value is -1.96. The lowest BCUT2D eigenvalue weighted by Gasteiger charge is -2.10. The van der Waals surface area contributed by atoms with E-state index < -0.39 is 32.3 Å². The van der Waals surface area contributed by atoms with Crippen LogP contribution >= 0.6 is 11.6 Å². The number of rotatable bonds is 5. The third-order valence-electron chi connectivity index (χ3n) is 2.87. The third-order valence-corrected chi connectivity index (χ3v) is 4.65. The summed E-state index contributed by atoms with van der Waals surface area (Å²) < 4.78 is 40.1. The highest BCUT2D eigenvalue weighted by Crippen LogP contribution is 2.18. The van der Waals surface area contributed by atoms with Crippen molar-refractivity contribution in [3.05, 3.63) is 64.4 Å². The predicted octanol–water partition coefficient (Wildman–Crippen LogP) is 1.32. The molecular formula is C14H10ClFNO4S-. The molecule has 22 heavy (non-hydrogen) atoms. The van der Waals surface area contributed by atoms with Crippen LogP contribution in [-0.4, -0.2) is 14.4 Å². The fourth-order valence-electron chi connectivity index (χ4n) is 1.73. The number of carboxylic acid groups (broad SMARTS) is 1. The Bertz CT molecular complexity index is 823. The highest BCUT2D eigenvalue weighted by molar-refractivity contribution is 7.89. The van der Waals surface area contributed by atoms with Crippen LogP contribution in [0.25, 0.3) is 0 Å². The van der Waals surface area contributed by atoms with Crippen LogP contribution in [-0.2, 0) is 16.6 Å². The van der Waals surface area contributed by atoms with Crippen molar-refractivity contribution >= 4 is 27.6 Å². The molecule has 0 heterocycles. The second-order valence-corrected chi connectivity index (χ2v) is 6.49. The molecule has 5 nitrogen and oxygen atoms in total. The van der Waals surface area contributed by atoms with Crippen molar-refractivity contribution in [2.45, 2.75) is 11.4 Å². The molecular weight excluding hydrogens is 333 g/mol. The predicted molar refractivity (Wildman–Crippen MR) is 76.2 cm³/mol. The first kappa shape index (κ1) is 16.4. The van der Waals surface area contributed by atoms with Crippen molar-refractivity contribution in [2.24, 2.45) is 0 Å². The Balaban J connectivity index is 2.29. The van der Waals surface area contributed by atoms with Crippen LogP contribution in [0.4, 0.5) is 4.39 Å². The zero-order valence-electron chi connectivity index (χ0n) is 11.0. The van der Waals surface area contributed by atoms with Crippen molar-refractivity contribution in [3.63, 3.8) is 0 Å². The van der Waals surface area contributed by atoms with Crippen molar-refractivity contribution < 1.29 is 22.7 Å². The fourth-order valence-corrected chi connectivity index (χ4v) is 3.04. The largest absolute Gasteiger partial charge is 0.545 e. The van der Waals surface area contributed by atoms with Crippen LogP contribution in [0, 0.1) is 5.82 Å². The van der Waals surface area contributed by atoms with E-state index in [-0.39, 0.29) is 6.54 Å². The van der Waals surface area contributed by atoms with E-state index in [2.05, 4.69) is 4.72 Å². The van der Waals surface area contributed by atoms with E-state index in [1.165, 1.54) is 0 Å². The molecule has 0 aliphatic heterocycles. The molecule has 2 aromatic carbocycles. The summed E-state index contributed by atoms with van der Waals surface area (Å²) >= 11 is 5.90. The van der Waals surface area contributed by atoms with Crippen LogP contribution < -0.4 is 9.83 Å². The highest BCUT2D eigenvalue weighted by Gasteiger charge is 2.20. The summed E-state index contributed by atoms with van der Waals surface area (Å²) in [5.74, 6) is -2.65. The van der Waals surface area contributed by atoms with E-state index in [0.29, 0.717) is 16.7 Å². The van der Waals surface area contributed by atoms with Crippen LogP contribution in [0.5, 0.6) is 0 Å². The lowest BCUT2D eigenvalue weighted by molar-refractivity contribution is -0.255. The van der Waals surface area contributed by atoms with Gasteiger partial charge >= 0.3 is 0 Å². The van der Waals surface area contributed by atoms with Gasteiger partial charge in [0.25, 0.3) is 0 Å². The van der Waals surface area contributed by atoms with E-state index in [0.717, 1.165) is 12.1 Å². The molecule has 0 saturated carbocycles. The summed E-state index contributed by atoms with van der Waals surface area (Å²) in [6, 6.07) is 8.95. The minimum Gasteiger partial charge on any atom is -0.545 e. The van der Waals surface area contributed by atoms with Crippen molar-refractivity contribution in [1.82, 2.24) is 4.72 Å². The summed E-state index contributed by atoms with van der Waals surface area (Å²) in [6.45, 7) is -0.156. The highest BCUT2D eigenvalue weighted by atomic mass is 35.5. The van der Waals surface area contributed by atoms with Gasteiger partial charge in [-0.3, -0.25) is 0 Å². The molecule has 0 aliphatic carbocycles. The number of sulfonamides is 1. The van der Waals surface area contributed by atoms with Crippen molar-refractivity contribution in [3.8, 4) is 0 Å². The van der Waals surface area contributed by atoms with Gasteiger partial charge in [-0.25, -0.2) is 17.5 Å². The minimum atomic E-state index is -4.24.